The third-order valence-electron chi connectivity index (χ3n) is 2.75. The summed E-state index contributed by atoms with van der Waals surface area (Å²) in [7, 11) is 0. The molecule has 1 atom stereocenters. The SMILES string of the molecule is CCN(CC)[C@@H](CN)c1cc(Cl)cc(Cl)c1. The van der Waals surface area contributed by atoms with E-state index in [-0.39, 0.29) is 6.04 Å². The number of rotatable bonds is 5. The van der Waals surface area contributed by atoms with Gasteiger partial charge in [-0.2, -0.15) is 0 Å². The molecule has 4 heteroatoms. The van der Waals surface area contributed by atoms with Crippen LogP contribution in [-0.2, 0) is 0 Å². The van der Waals surface area contributed by atoms with Crippen LogP contribution in [0.3, 0.4) is 0 Å². The van der Waals surface area contributed by atoms with Crippen molar-refractivity contribution in [1.29, 1.82) is 0 Å². The minimum Gasteiger partial charge on any atom is -0.329 e. The van der Waals surface area contributed by atoms with Gasteiger partial charge in [0.15, 0.2) is 0 Å². The lowest BCUT2D eigenvalue weighted by molar-refractivity contribution is 0.224. The highest BCUT2D eigenvalue weighted by atomic mass is 35.5. The Bertz CT molecular complexity index is 318. The van der Waals surface area contributed by atoms with Crippen LogP contribution in [0.2, 0.25) is 10.0 Å². The number of likely N-dealkylation sites (N-methyl/N-ethyl adjacent to an activating group) is 1. The quantitative estimate of drug-likeness (QED) is 0.880. The molecule has 0 saturated heterocycles. The van der Waals surface area contributed by atoms with E-state index in [4.69, 9.17) is 28.9 Å². The Hall–Kier alpha value is -0.280. The van der Waals surface area contributed by atoms with Crippen molar-refractivity contribution < 1.29 is 0 Å². The van der Waals surface area contributed by atoms with Crippen LogP contribution in [0.4, 0.5) is 0 Å². The van der Waals surface area contributed by atoms with E-state index >= 15 is 0 Å². The smallest absolute Gasteiger partial charge is 0.0471 e. The summed E-state index contributed by atoms with van der Waals surface area (Å²) < 4.78 is 0. The molecule has 0 unspecified atom stereocenters. The Kier molecular flexibility index (Phi) is 5.56. The minimum absolute atomic E-state index is 0.186. The van der Waals surface area contributed by atoms with Crippen molar-refractivity contribution in [2.75, 3.05) is 19.6 Å². The Morgan fingerprint density at radius 1 is 1.12 bits per heavy atom. The molecule has 0 radical (unpaired) electrons. The van der Waals surface area contributed by atoms with Gasteiger partial charge in [-0.3, -0.25) is 4.90 Å². The van der Waals surface area contributed by atoms with Gasteiger partial charge in [0, 0.05) is 22.6 Å². The van der Waals surface area contributed by atoms with Crippen LogP contribution in [0.15, 0.2) is 18.2 Å². The maximum Gasteiger partial charge on any atom is 0.0471 e. The molecular weight excluding hydrogens is 243 g/mol. The number of hydrogen-bond donors (Lipinski definition) is 1. The molecule has 1 aromatic rings. The first-order valence-corrected chi connectivity index (χ1v) is 6.28. The molecule has 0 spiro atoms. The molecule has 0 amide bonds. The molecule has 0 saturated carbocycles. The van der Waals surface area contributed by atoms with Crippen molar-refractivity contribution in [2.24, 2.45) is 5.73 Å². The molecule has 0 bridgehead atoms. The summed E-state index contributed by atoms with van der Waals surface area (Å²) in [5.41, 5.74) is 6.92. The van der Waals surface area contributed by atoms with Gasteiger partial charge in [-0.15, -0.1) is 0 Å². The van der Waals surface area contributed by atoms with Crippen LogP contribution in [-0.4, -0.2) is 24.5 Å². The van der Waals surface area contributed by atoms with Crippen LogP contribution < -0.4 is 5.73 Å². The molecule has 0 aliphatic rings. The maximum atomic E-state index is 6.00. The molecule has 1 aromatic carbocycles. The van der Waals surface area contributed by atoms with Gasteiger partial charge >= 0.3 is 0 Å². The molecule has 1 rings (SSSR count). The average Bonchev–Trinajstić information content (AvgIpc) is 2.24. The minimum atomic E-state index is 0.186. The van der Waals surface area contributed by atoms with Crippen LogP contribution in [0.25, 0.3) is 0 Å². The molecular formula is C12H18Cl2N2. The first kappa shape index (κ1) is 13.8. The topological polar surface area (TPSA) is 29.3 Å². The van der Waals surface area contributed by atoms with Gasteiger partial charge in [-0.1, -0.05) is 37.0 Å². The van der Waals surface area contributed by atoms with E-state index in [1.165, 1.54) is 0 Å². The van der Waals surface area contributed by atoms with Crippen molar-refractivity contribution in [1.82, 2.24) is 4.90 Å². The van der Waals surface area contributed by atoms with Crippen molar-refractivity contribution in [3.8, 4) is 0 Å². The first-order valence-electron chi connectivity index (χ1n) is 5.52. The number of hydrogen-bond acceptors (Lipinski definition) is 2. The van der Waals surface area contributed by atoms with E-state index in [0.717, 1.165) is 18.7 Å². The summed E-state index contributed by atoms with van der Waals surface area (Å²) in [5.74, 6) is 0. The highest BCUT2D eigenvalue weighted by Crippen LogP contribution is 2.26. The molecule has 2 nitrogen and oxygen atoms in total. The number of nitrogens with zero attached hydrogens (tertiary/aromatic N) is 1. The molecule has 0 heterocycles. The highest BCUT2D eigenvalue weighted by Gasteiger charge is 2.16. The molecule has 0 aliphatic heterocycles. The van der Waals surface area contributed by atoms with Gasteiger partial charge in [0.05, 0.1) is 0 Å². The second-order valence-corrected chi connectivity index (χ2v) is 4.55. The van der Waals surface area contributed by atoms with Crippen molar-refractivity contribution in [3.63, 3.8) is 0 Å². The van der Waals surface area contributed by atoms with Gasteiger partial charge in [0.25, 0.3) is 0 Å². The van der Waals surface area contributed by atoms with Gasteiger partial charge in [-0.25, -0.2) is 0 Å². The lowest BCUT2D eigenvalue weighted by Crippen LogP contribution is -2.33. The summed E-state index contributed by atoms with van der Waals surface area (Å²) in [4.78, 5) is 2.29. The molecule has 2 N–H and O–H groups in total. The van der Waals surface area contributed by atoms with Gasteiger partial charge in [0.1, 0.15) is 0 Å². The summed E-state index contributed by atoms with van der Waals surface area (Å²) in [6, 6.07) is 5.79. The number of nitrogens with two attached hydrogens (primary N) is 1. The first-order chi connectivity index (χ1) is 7.62. The molecule has 90 valence electrons. The van der Waals surface area contributed by atoms with Crippen LogP contribution in [0.1, 0.15) is 25.5 Å². The summed E-state index contributed by atoms with van der Waals surface area (Å²) in [6.07, 6.45) is 0. The Morgan fingerprint density at radius 2 is 1.62 bits per heavy atom. The lowest BCUT2D eigenvalue weighted by Gasteiger charge is -2.29. The average molecular weight is 261 g/mol. The second kappa shape index (κ2) is 6.45. The summed E-state index contributed by atoms with van der Waals surface area (Å²) in [6.45, 7) is 6.74. The van der Waals surface area contributed by atoms with Crippen LogP contribution in [0, 0.1) is 0 Å². The van der Waals surface area contributed by atoms with Crippen molar-refractivity contribution >= 4 is 23.2 Å². The third-order valence-corrected chi connectivity index (χ3v) is 3.18. The Balaban J connectivity index is 3.02. The second-order valence-electron chi connectivity index (χ2n) is 3.68. The van der Waals surface area contributed by atoms with E-state index in [2.05, 4.69) is 18.7 Å². The predicted molar refractivity (Wildman–Crippen MR) is 71.2 cm³/mol. The van der Waals surface area contributed by atoms with Crippen LogP contribution in [0.5, 0.6) is 0 Å². The predicted octanol–water partition coefficient (Wildman–Crippen LogP) is 3.34. The summed E-state index contributed by atoms with van der Waals surface area (Å²) in [5, 5.41) is 1.32. The zero-order valence-electron chi connectivity index (χ0n) is 9.71. The van der Waals surface area contributed by atoms with E-state index in [0.29, 0.717) is 16.6 Å². The molecule has 16 heavy (non-hydrogen) atoms. The van der Waals surface area contributed by atoms with Gasteiger partial charge in [0.2, 0.25) is 0 Å². The van der Waals surface area contributed by atoms with E-state index in [9.17, 15) is 0 Å². The lowest BCUT2D eigenvalue weighted by atomic mass is 10.1. The van der Waals surface area contributed by atoms with Crippen molar-refractivity contribution in [3.05, 3.63) is 33.8 Å². The van der Waals surface area contributed by atoms with Gasteiger partial charge in [-0.05, 0) is 36.9 Å². The Labute approximate surface area is 107 Å². The fourth-order valence-electron chi connectivity index (χ4n) is 1.93. The van der Waals surface area contributed by atoms with Crippen molar-refractivity contribution in [2.45, 2.75) is 19.9 Å². The zero-order chi connectivity index (χ0) is 12.1. The normalized spacial score (nSPS) is 13.1. The van der Waals surface area contributed by atoms with E-state index in [1.807, 2.05) is 12.1 Å². The molecule has 0 aromatic heterocycles. The molecule has 0 aliphatic carbocycles. The molecule has 0 fully saturated rings. The fraction of sp³-hybridized carbons (Fsp3) is 0.500. The zero-order valence-corrected chi connectivity index (χ0v) is 11.2. The number of benzene rings is 1. The monoisotopic (exact) mass is 260 g/mol. The standard InChI is InChI=1S/C12H18Cl2N2/c1-3-16(4-2)12(8-15)9-5-10(13)7-11(14)6-9/h5-7,12H,3-4,8,15H2,1-2H3/t12-/m0/s1. The fourth-order valence-corrected chi connectivity index (χ4v) is 2.47. The highest BCUT2D eigenvalue weighted by molar-refractivity contribution is 6.34. The third kappa shape index (κ3) is 3.36. The summed E-state index contributed by atoms with van der Waals surface area (Å²) >= 11 is 12.0. The maximum absolute atomic E-state index is 6.00. The van der Waals surface area contributed by atoms with E-state index in [1.54, 1.807) is 6.07 Å². The Morgan fingerprint density at radius 3 is 2.00 bits per heavy atom. The van der Waals surface area contributed by atoms with Crippen LogP contribution >= 0.6 is 23.2 Å². The largest absolute Gasteiger partial charge is 0.329 e. The van der Waals surface area contributed by atoms with Gasteiger partial charge < -0.3 is 5.73 Å². The number of halogens is 2. The van der Waals surface area contributed by atoms with E-state index < -0.39 is 0 Å².